The number of nitrogens with one attached hydrogen (secondary N) is 1. The molecule has 1 amide bonds. The maximum Gasteiger partial charge on any atom is 0.257 e. The molecule has 7 heteroatoms. The third-order valence-corrected chi connectivity index (χ3v) is 4.02. The van der Waals surface area contributed by atoms with Gasteiger partial charge in [-0.15, -0.1) is 0 Å². The van der Waals surface area contributed by atoms with Crippen molar-refractivity contribution in [1.82, 2.24) is 5.32 Å². The molecule has 26 heavy (non-hydrogen) atoms. The number of ether oxygens (including phenoxy) is 2. The summed E-state index contributed by atoms with van der Waals surface area (Å²) < 4.78 is 24.4. The van der Waals surface area contributed by atoms with Gasteiger partial charge in [-0.25, -0.2) is 4.39 Å². The van der Waals surface area contributed by atoms with E-state index >= 15 is 0 Å². The standard InChI is InChI=1S/C19H18BrFN2O3/c1-2-25-17-10-14(11-22)9-16(20)19(17)26-12-18(24)23-8-7-13-3-5-15(21)6-4-13/h3-6,9-10H,2,7-8,12H2,1H3,(H,23,24). The smallest absolute Gasteiger partial charge is 0.257 e. The van der Waals surface area contributed by atoms with E-state index in [1.165, 1.54) is 12.1 Å². The first-order chi connectivity index (χ1) is 12.5. The van der Waals surface area contributed by atoms with Gasteiger partial charge >= 0.3 is 0 Å². The van der Waals surface area contributed by atoms with E-state index in [0.717, 1.165) is 5.56 Å². The van der Waals surface area contributed by atoms with Crippen LogP contribution in [-0.4, -0.2) is 25.7 Å². The Hall–Kier alpha value is -2.59. The Kier molecular flexibility index (Phi) is 7.42. The fraction of sp³-hybridized carbons (Fsp3) is 0.263. The maximum absolute atomic E-state index is 12.8. The third-order valence-electron chi connectivity index (χ3n) is 3.44. The zero-order valence-corrected chi connectivity index (χ0v) is 15.8. The Balaban J connectivity index is 1.88. The molecule has 2 aromatic rings. The number of hydrogen-bond donors (Lipinski definition) is 1. The van der Waals surface area contributed by atoms with E-state index in [9.17, 15) is 9.18 Å². The molecule has 0 radical (unpaired) electrons. The molecule has 0 atom stereocenters. The van der Waals surface area contributed by atoms with Gasteiger partial charge in [-0.05, 0) is 53.0 Å². The highest BCUT2D eigenvalue weighted by molar-refractivity contribution is 9.10. The molecule has 1 N–H and O–H groups in total. The van der Waals surface area contributed by atoms with Crippen LogP contribution in [0.15, 0.2) is 40.9 Å². The van der Waals surface area contributed by atoms with Crippen LogP contribution in [0.5, 0.6) is 11.5 Å². The molecule has 0 heterocycles. The Morgan fingerprint density at radius 3 is 2.65 bits per heavy atom. The first-order valence-electron chi connectivity index (χ1n) is 8.04. The van der Waals surface area contributed by atoms with Gasteiger partial charge in [-0.3, -0.25) is 4.79 Å². The highest BCUT2D eigenvalue weighted by Crippen LogP contribution is 2.36. The van der Waals surface area contributed by atoms with Gasteiger partial charge < -0.3 is 14.8 Å². The van der Waals surface area contributed by atoms with Crippen molar-refractivity contribution in [2.75, 3.05) is 19.8 Å². The molecule has 2 aromatic carbocycles. The fourth-order valence-corrected chi connectivity index (χ4v) is 2.78. The lowest BCUT2D eigenvalue weighted by atomic mass is 10.1. The Morgan fingerprint density at radius 2 is 2.00 bits per heavy atom. The van der Waals surface area contributed by atoms with Crippen molar-refractivity contribution in [3.05, 3.63) is 57.8 Å². The quantitative estimate of drug-likeness (QED) is 0.707. The summed E-state index contributed by atoms with van der Waals surface area (Å²) in [6, 6.07) is 11.3. The number of amides is 1. The van der Waals surface area contributed by atoms with Crippen molar-refractivity contribution in [3.8, 4) is 17.6 Å². The van der Waals surface area contributed by atoms with Crippen LogP contribution in [0.1, 0.15) is 18.1 Å². The number of rotatable bonds is 8. The van der Waals surface area contributed by atoms with E-state index in [1.807, 2.05) is 13.0 Å². The van der Waals surface area contributed by atoms with Gasteiger partial charge in [-0.2, -0.15) is 5.26 Å². The summed E-state index contributed by atoms with van der Waals surface area (Å²) in [5, 5.41) is 11.8. The van der Waals surface area contributed by atoms with Crippen LogP contribution in [0.25, 0.3) is 0 Å². The van der Waals surface area contributed by atoms with Gasteiger partial charge in [0.25, 0.3) is 5.91 Å². The summed E-state index contributed by atoms with van der Waals surface area (Å²) in [5.41, 5.74) is 1.36. The summed E-state index contributed by atoms with van der Waals surface area (Å²) in [5.74, 6) is 0.201. The molecule has 0 saturated heterocycles. The molecule has 0 aromatic heterocycles. The number of halogens is 2. The van der Waals surface area contributed by atoms with E-state index in [4.69, 9.17) is 14.7 Å². The molecule has 0 fully saturated rings. The molecule has 0 spiro atoms. The monoisotopic (exact) mass is 420 g/mol. The highest BCUT2D eigenvalue weighted by Gasteiger charge is 2.14. The molecule has 0 bridgehead atoms. The topological polar surface area (TPSA) is 71.3 Å². The number of carbonyl (C=O) groups excluding carboxylic acids is 1. The number of hydrogen-bond acceptors (Lipinski definition) is 4. The van der Waals surface area contributed by atoms with Crippen LogP contribution < -0.4 is 14.8 Å². The Bertz CT molecular complexity index is 804. The van der Waals surface area contributed by atoms with E-state index in [2.05, 4.69) is 21.2 Å². The van der Waals surface area contributed by atoms with Crippen molar-refractivity contribution in [2.24, 2.45) is 0 Å². The van der Waals surface area contributed by atoms with E-state index < -0.39 is 0 Å². The largest absolute Gasteiger partial charge is 0.490 e. The van der Waals surface area contributed by atoms with E-state index in [0.29, 0.717) is 41.1 Å². The van der Waals surface area contributed by atoms with E-state index in [1.54, 1.807) is 24.3 Å². The van der Waals surface area contributed by atoms with Crippen molar-refractivity contribution >= 4 is 21.8 Å². The zero-order valence-electron chi connectivity index (χ0n) is 14.2. The lowest BCUT2D eigenvalue weighted by Gasteiger charge is -2.14. The average molecular weight is 421 g/mol. The van der Waals surface area contributed by atoms with Crippen LogP contribution in [0.2, 0.25) is 0 Å². The van der Waals surface area contributed by atoms with Crippen molar-refractivity contribution in [1.29, 1.82) is 5.26 Å². The lowest BCUT2D eigenvalue weighted by Crippen LogP contribution is -2.30. The van der Waals surface area contributed by atoms with Gasteiger partial charge in [0.1, 0.15) is 5.82 Å². The van der Waals surface area contributed by atoms with Crippen LogP contribution in [0.3, 0.4) is 0 Å². The first-order valence-corrected chi connectivity index (χ1v) is 8.83. The minimum Gasteiger partial charge on any atom is -0.490 e. The summed E-state index contributed by atoms with van der Waals surface area (Å²) in [6.45, 7) is 2.45. The van der Waals surface area contributed by atoms with Gasteiger partial charge in [0.15, 0.2) is 18.1 Å². The molecule has 0 aliphatic heterocycles. The minimum absolute atomic E-state index is 0.187. The SMILES string of the molecule is CCOc1cc(C#N)cc(Br)c1OCC(=O)NCCc1ccc(F)cc1. The summed E-state index contributed by atoms with van der Waals surface area (Å²) in [7, 11) is 0. The lowest BCUT2D eigenvalue weighted by molar-refractivity contribution is -0.123. The number of nitriles is 1. The second-order valence-corrected chi connectivity index (χ2v) is 6.20. The average Bonchev–Trinajstić information content (AvgIpc) is 2.62. The minimum atomic E-state index is -0.288. The van der Waals surface area contributed by atoms with Gasteiger partial charge in [0, 0.05) is 12.6 Å². The molecular weight excluding hydrogens is 403 g/mol. The number of carbonyl (C=O) groups is 1. The predicted molar refractivity (Wildman–Crippen MR) is 98.6 cm³/mol. The molecule has 136 valence electrons. The van der Waals surface area contributed by atoms with Crippen LogP contribution in [-0.2, 0) is 11.2 Å². The van der Waals surface area contributed by atoms with Crippen molar-refractivity contribution in [2.45, 2.75) is 13.3 Å². The van der Waals surface area contributed by atoms with Crippen LogP contribution in [0.4, 0.5) is 4.39 Å². The summed E-state index contributed by atoms with van der Waals surface area (Å²) >= 11 is 3.33. The summed E-state index contributed by atoms with van der Waals surface area (Å²) in [6.07, 6.45) is 0.594. The Labute approximate surface area is 159 Å². The number of benzene rings is 2. The first kappa shape index (κ1) is 19.7. The molecule has 0 unspecified atom stereocenters. The second kappa shape index (κ2) is 9.78. The van der Waals surface area contributed by atoms with Crippen LogP contribution >= 0.6 is 15.9 Å². The van der Waals surface area contributed by atoms with Crippen molar-refractivity contribution in [3.63, 3.8) is 0 Å². The predicted octanol–water partition coefficient (Wildman–Crippen LogP) is 3.60. The molecular formula is C19H18BrFN2O3. The molecule has 5 nitrogen and oxygen atoms in total. The Morgan fingerprint density at radius 1 is 1.27 bits per heavy atom. The maximum atomic E-state index is 12.8. The van der Waals surface area contributed by atoms with Gasteiger partial charge in [0.2, 0.25) is 0 Å². The zero-order chi connectivity index (χ0) is 18.9. The number of nitrogens with zero attached hydrogens (tertiary/aromatic N) is 1. The second-order valence-electron chi connectivity index (χ2n) is 5.35. The highest BCUT2D eigenvalue weighted by atomic mass is 79.9. The van der Waals surface area contributed by atoms with Gasteiger partial charge in [-0.1, -0.05) is 12.1 Å². The molecule has 0 aliphatic carbocycles. The summed E-state index contributed by atoms with van der Waals surface area (Å²) in [4.78, 5) is 12.0. The fourth-order valence-electron chi connectivity index (χ4n) is 2.22. The normalized spacial score (nSPS) is 10.1. The van der Waals surface area contributed by atoms with Gasteiger partial charge in [0.05, 0.1) is 22.7 Å². The third kappa shape index (κ3) is 5.74. The van der Waals surface area contributed by atoms with Crippen molar-refractivity contribution < 1.29 is 18.7 Å². The van der Waals surface area contributed by atoms with Crippen LogP contribution in [0, 0.1) is 17.1 Å². The molecule has 2 rings (SSSR count). The molecule has 0 aliphatic rings. The van der Waals surface area contributed by atoms with E-state index in [-0.39, 0.29) is 18.3 Å². The molecule has 0 saturated carbocycles.